The van der Waals surface area contributed by atoms with E-state index in [1.54, 1.807) is 18.2 Å². The summed E-state index contributed by atoms with van der Waals surface area (Å²) >= 11 is 0. The van der Waals surface area contributed by atoms with Crippen LogP contribution in [0.15, 0.2) is 47.0 Å². The predicted molar refractivity (Wildman–Crippen MR) is 120 cm³/mol. The molecule has 0 atom stereocenters. The fraction of sp³-hybridized carbons (Fsp3) is 0.292. The van der Waals surface area contributed by atoms with Gasteiger partial charge in [0.1, 0.15) is 23.9 Å². The van der Waals surface area contributed by atoms with Crippen molar-refractivity contribution in [1.82, 2.24) is 10.5 Å². The highest BCUT2D eigenvalue weighted by Gasteiger charge is 2.11. The zero-order valence-electron chi connectivity index (χ0n) is 18.7. The first-order chi connectivity index (χ1) is 15.4. The Balaban J connectivity index is 1.45. The molecule has 0 saturated heterocycles. The van der Waals surface area contributed by atoms with Gasteiger partial charge in [0, 0.05) is 0 Å². The summed E-state index contributed by atoms with van der Waals surface area (Å²) in [6.45, 7) is 5.87. The molecule has 168 valence electrons. The Morgan fingerprint density at radius 1 is 1.03 bits per heavy atom. The third-order valence-corrected chi connectivity index (χ3v) is 4.93. The molecule has 0 radical (unpaired) electrons. The van der Waals surface area contributed by atoms with Crippen LogP contribution in [0.3, 0.4) is 0 Å². The summed E-state index contributed by atoms with van der Waals surface area (Å²) in [5.41, 5.74) is 4.10. The molecule has 2 aromatic carbocycles. The van der Waals surface area contributed by atoms with Crippen molar-refractivity contribution in [1.29, 1.82) is 0 Å². The molecule has 0 aliphatic carbocycles. The third kappa shape index (κ3) is 6.10. The van der Waals surface area contributed by atoms with Crippen LogP contribution in [0.4, 0.5) is 5.69 Å². The highest BCUT2D eigenvalue weighted by Crippen LogP contribution is 2.25. The van der Waals surface area contributed by atoms with Gasteiger partial charge >= 0.3 is 0 Å². The smallest absolute Gasteiger partial charge is 0.243 e. The number of carbonyl (C=O) groups excluding carboxylic acids is 2. The van der Waals surface area contributed by atoms with E-state index in [2.05, 4.69) is 15.8 Å². The number of aryl methyl sites for hydroxylation is 3. The summed E-state index contributed by atoms with van der Waals surface area (Å²) in [6, 6.07) is 12.7. The molecular weight excluding hydrogens is 410 g/mol. The third-order valence-electron chi connectivity index (χ3n) is 4.93. The van der Waals surface area contributed by atoms with E-state index < -0.39 is 0 Å². The Labute approximate surface area is 186 Å². The SMILES string of the molecule is COc1ccc(C)cc1NC(=O)CNC(=O)Cc1ccc(OCc2c(C)noc2C)cc1. The summed E-state index contributed by atoms with van der Waals surface area (Å²) in [5.74, 6) is 1.40. The number of aromatic nitrogens is 1. The molecule has 8 heteroatoms. The lowest BCUT2D eigenvalue weighted by atomic mass is 10.1. The summed E-state index contributed by atoms with van der Waals surface area (Å²) in [5, 5.41) is 9.30. The van der Waals surface area contributed by atoms with Crippen LogP contribution in [0.25, 0.3) is 0 Å². The molecule has 0 spiro atoms. The van der Waals surface area contributed by atoms with Gasteiger partial charge in [0.2, 0.25) is 11.8 Å². The first-order valence-electron chi connectivity index (χ1n) is 10.2. The normalized spacial score (nSPS) is 10.5. The second-order valence-corrected chi connectivity index (χ2v) is 7.44. The number of hydrogen-bond donors (Lipinski definition) is 2. The van der Waals surface area contributed by atoms with Gasteiger partial charge in [-0.3, -0.25) is 9.59 Å². The van der Waals surface area contributed by atoms with Gasteiger partial charge in [-0.2, -0.15) is 0 Å². The molecule has 32 heavy (non-hydrogen) atoms. The Hall–Kier alpha value is -3.81. The molecule has 0 aliphatic rings. The van der Waals surface area contributed by atoms with Gasteiger partial charge in [-0.25, -0.2) is 0 Å². The molecule has 0 fully saturated rings. The van der Waals surface area contributed by atoms with Gasteiger partial charge in [-0.05, 0) is 56.2 Å². The van der Waals surface area contributed by atoms with E-state index in [1.807, 2.05) is 45.0 Å². The van der Waals surface area contributed by atoms with Crippen molar-refractivity contribution in [2.45, 2.75) is 33.8 Å². The Morgan fingerprint density at radius 3 is 2.44 bits per heavy atom. The summed E-state index contributed by atoms with van der Waals surface area (Å²) in [6.07, 6.45) is 0.158. The molecule has 1 aromatic heterocycles. The molecule has 0 saturated carbocycles. The highest BCUT2D eigenvalue weighted by molar-refractivity contribution is 5.96. The second kappa shape index (κ2) is 10.5. The monoisotopic (exact) mass is 437 g/mol. The lowest BCUT2D eigenvalue weighted by Crippen LogP contribution is -2.33. The van der Waals surface area contributed by atoms with E-state index in [1.165, 1.54) is 7.11 Å². The van der Waals surface area contributed by atoms with Crippen LogP contribution in [0.5, 0.6) is 11.5 Å². The standard InChI is InChI=1S/C24H27N3O5/c1-15-5-10-22(30-4)21(11-15)26-24(29)13-25-23(28)12-18-6-8-19(9-7-18)31-14-20-16(2)27-32-17(20)3/h5-11H,12-14H2,1-4H3,(H,25,28)(H,26,29). The van der Waals surface area contributed by atoms with E-state index in [-0.39, 0.29) is 24.8 Å². The van der Waals surface area contributed by atoms with Gasteiger partial charge in [0.25, 0.3) is 0 Å². The number of ether oxygens (including phenoxy) is 2. The van der Waals surface area contributed by atoms with Gasteiger partial charge in [0.05, 0.1) is 37.0 Å². The highest BCUT2D eigenvalue weighted by atomic mass is 16.5. The van der Waals surface area contributed by atoms with Crippen LogP contribution in [0.1, 0.15) is 28.1 Å². The van der Waals surface area contributed by atoms with Crippen molar-refractivity contribution >= 4 is 17.5 Å². The van der Waals surface area contributed by atoms with Crippen LogP contribution < -0.4 is 20.1 Å². The molecule has 3 aromatic rings. The Morgan fingerprint density at radius 2 is 1.78 bits per heavy atom. The number of anilines is 1. The van der Waals surface area contributed by atoms with Crippen molar-refractivity contribution in [2.75, 3.05) is 19.0 Å². The summed E-state index contributed by atoms with van der Waals surface area (Å²) in [7, 11) is 1.54. The zero-order valence-corrected chi connectivity index (χ0v) is 18.7. The predicted octanol–water partition coefficient (Wildman–Crippen LogP) is 3.48. The zero-order chi connectivity index (χ0) is 23.1. The van der Waals surface area contributed by atoms with Crippen molar-refractivity contribution in [2.24, 2.45) is 0 Å². The van der Waals surface area contributed by atoms with Crippen LogP contribution in [0, 0.1) is 20.8 Å². The molecule has 2 N–H and O–H groups in total. The number of nitrogens with zero attached hydrogens (tertiary/aromatic N) is 1. The first-order valence-corrected chi connectivity index (χ1v) is 10.2. The van der Waals surface area contributed by atoms with Crippen molar-refractivity contribution in [3.63, 3.8) is 0 Å². The van der Waals surface area contributed by atoms with E-state index in [9.17, 15) is 9.59 Å². The maximum Gasteiger partial charge on any atom is 0.243 e. The second-order valence-electron chi connectivity index (χ2n) is 7.44. The van der Waals surface area contributed by atoms with Crippen LogP contribution in [0.2, 0.25) is 0 Å². The number of carbonyl (C=O) groups is 2. The largest absolute Gasteiger partial charge is 0.495 e. The average Bonchev–Trinajstić information content (AvgIpc) is 3.09. The van der Waals surface area contributed by atoms with Crippen molar-refractivity contribution in [3.05, 3.63) is 70.6 Å². The Kier molecular flexibility index (Phi) is 7.49. The lowest BCUT2D eigenvalue weighted by molar-refractivity contribution is -0.123. The molecule has 1 heterocycles. The maximum atomic E-state index is 12.2. The molecule has 0 bridgehead atoms. The van der Waals surface area contributed by atoms with Crippen LogP contribution in [-0.4, -0.2) is 30.6 Å². The minimum absolute atomic E-state index is 0.130. The van der Waals surface area contributed by atoms with Crippen molar-refractivity contribution < 1.29 is 23.6 Å². The van der Waals surface area contributed by atoms with E-state index in [0.717, 1.165) is 28.1 Å². The Bertz CT molecular complexity index is 1070. The minimum Gasteiger partial charge on any atom is -0.495 e. The quantitative estimate of drug-likeness (QED) is 0.531. The van der Waals surface area contributed by atoms with E-state index in [4.69, 9.17) is 14.0 Å². The topological polar surface area (TPSA) is 103 Å². The number of hydrogen-bond acceptors (Lipinski definition) is 6. The number of amides is 2. The molecule has 2 amide bonds. The molecule has 3 rings (SSSR count). The summed E-state index contributed by atoms with van der Waals surface area (Å²) in [4.78, 5) is 24.4. The summed E-state index contributed by atoms with van der Waals surface area (Å²) < 4.78 is 16.1. The molecule has 8 nitrogen and oxygen atoms in total. The van der Waals surface area contributed by atoms with Gasteiger partial charge in [-0.15, -0.1) is 0 Å². The number of methoxy groups -OCH3 is 1. The van der Waals surface area contributed by atoms with Gasteiger partial charge < -0.3 is 24.6 Å². The average molecular weight is 437 g/mol. The van der Waals surface area contributed by atoms with Crippen molar-refractivity contribution in [3.8, 4) is 11.5 Å². The fourth-order valence-electron chi connectivity index (χ4n) is 3.11. The van der Waals surface area contributed by atoms with E-state index in [0.29, 0.717) is 23.8 Å². The van der Waals surface area contributed by atoms with Gasteiger partial charge in [-0.1, -0.05) is 23.4 Å². The van der Waals surface area contributed by atoms with Crippen LogP contribution >= 0.6 is 0 Å². The lowest BCUT2D eigenvalue weighted by Gasteiger charge is -2.11. The number of nitrogens with one attached hydrogen (secondary N) is 2. The molecular formula is C24H27N3O5. The number of benzene rings is 2. The maximum absolute atomic E-state index is 12.2. The van der Waals surface area contributed by atoms with Crippen LogP contribution in [-0.2, 0) is 22.6 Å². The molecule has 0 aliphatic heterocycles. The minimum atomic E-state index is -0.328. The number of rotatable bonds is 9. The van der Waals surface area contributed by atoms with E-state index >= 15 is 0 Å². The van der Waals surface area contributed by atoms with Gasteiger partial charge in [0.15, 0.2) is 0 Å². The molecule has 0 unspecified atom stereocenters. The fourth-order valence-corrected chi connectivity index (χ4v) is 3.11. The first kappa shape index (κ1) is 22.9.